The highest BCUT2D eigenvalue weighted by Crippen LogP contribution is 2.28. The summed E-state index contributed by atoms with van der Waals surface area (Å²) in [5, 5.41) is 0. The number of quaternary nitrogens is 1. The van der Waals surface area contributed by atoms with E-state index in [9.17, 15) is 0 Å². The second kappa shape index (κ2) is 3.25. The Bertz CT molecular complexity index is 181. The molecule has 0 aliphatic carbocycles. The van der Waals surface area contributed by atoms with E-state index in [0.717, 1.165) is 12.1 Å². The Kier molecular flexibility index (Phi) is 2.37. The van der Waals surface area contributed by atoms with Gasteiger partial charge in [0.05, 0.1) is 25.7 Å². The largest absolute Gasteiger partial charge is 0.320 e. The van der Waals surface area contributed by atoms with Gasteiger partial charge in [0.1, 0.15) is 0 Å². The molecule has 3 heterocycles. The first kappa shape index (κ1) is 9.47. The summed E-state index contributed by atoms with van der Waals surface area (Å²) < 4.78 is 1.39. The summed E-state index contributed by atoms with van der Waals surface area (Å²) in [7, 11) is 2.30. The molecule has 0 spiro atoms. The van der Waals surface area contributed by atoms with E-state index in [4.69, 9.17) is 0 Å². The lowest BCUT2D eigenvalue weighted by molar-refractivity contribution is -0.948. The van der Waals surface area contributed by atoms with E-state index in [0.29, 0.717) is 0 Å². The fraction of sp³-hybridized carbons (Fsp3) is 1.00. The van der Waals surface area contributed by atoms with Gasteiger partial charge < -0.3 is 4.48 Å². The summed E-state index contributed by atoms with van der Waals surface area (Å²) in [4.78, 5) is 2.58. The van der Waals surface area contributed by atoms with Crippen molar-refractivity contribution < 1.29 is 4.48 Å². The predicted octanol–water partition coefficient (Wildman–Crippen LogP) is 1.32. The molecule has 0 aromatic rings. The van der Waals surface area contributed by atoms with Crippen molar-refractivity contribution in [3.63, 3.8) is 0 Å². The number of rotatable bonds is 1. The van der Waals surface area contributed by atoms with Gasteiger partial charge in [0.25, 0.3) is 0 Å². The predicted molar refractivity (Wildman–Crippen MR) is 55.6 cm³/mol. The van der Waals surface area contributed by atoms with E-state index >= 15 is 0 Å². The molecule has 2 nitrogen and oxygen atoms in total. The van der Waals surface area contributed by atoms with Gasteiger partial charge in [0.2, 0.25) is 0 Å². The molecule has 13 heavy (non-hydrogen) atoms. The number of hydrogen-bond acceptors (Lipinski definition) is 1. The van der Waals surface area contributed by atoms with Gasteiger partial charge in [-0.1, -0.05) is 0 Å². The van der Waals surface area contributed by atoms with Gasteiger partial charge in [-0.05, 0) is 20.9 Å². The number of piperidine rings is 1. The minimum absolute atomic E-state index is 0.826. The van der Waals surface area contributed by atoms with Crippen molar-refractivity contribution in [2.24, 2.45) is 0 Å². The minimum Gasteiger partial charge on any atom is -0.320 e. The lowest BCUT2D eigenvalue weighted by Crippen LogP contribution is -2.57. The standard InChI is InChI=1S/C11H23N2/c1-10(2)13-7-4-11(5-8-13)12(3)6-9-13/h10-11H,4-9H2,1-3H3/q+1. The van der Waals surface area contributed by atoms with Crippen molar-refractivity contribution in [2.45, 2.75) is 38.8 Å². The van der Waals surface area contributed by atoms with Crippen LogP contribution in [-0.2, 0) is 0 Å². The molecular weight excluding hydrogens is 160 g/mol. The van der Waals surface area contributed by atoms with Crippen LogP contribution >= 0.6 is 0 Å². The first-order valence-corrected chi connectivity index (χ1v) is 5.70. The Hall–Kier alpha value is -0.0800. The Balaban J connectivity index is 2.16. The lowest BCUT2D eigenvalue weighted by Gasteiger charge is -2.44. The van der Waals surface area contributed by atoms with Crippen molar-refractivity contribution in [1.29, 1.82) is 0 Å². The number of hydrogen-bond donors (Lipinski definition) is 0. The summed E-state index contributed by atoms with van der Waals surface area (Å²) in [5.41, 5.74) is 0. The molecular formula is C11H23N2+. The zero-order chi connectivity index (χ0) is 9.47. The maximum absolute atomic E-state index is 2.58. The number of nitrogens with zero attached hydrogens (tertiary/aromatic N) is 2. The van der Waals surface area contributed by atoms with Gasteiger partial charge in [-0.2, -0.15) is 0 Å². The van der Waals surface area contributed by atoms with Gasteiger partial charge >= 0.3 is 0 Å². The second-order valence-electron chi connectivity index (χ2n) is 5.19. The average Bonchev–Trinajstić information content (AvgIpc) is 2.38. The normalized spacial score (nSPS) is 41.1. The lowest BCUT2D eigenvalue weighted by atomic mass is 10.0. The summed E-state index contributed by atoms with van der Waals surface area (Å²) >= 11 is 0. The molecule has 2 bridgehead atoms. The van der Waals surface area contributed by atoms with Crippen LogP contribution in [0.2, 0.25) is 0 Å². The fourth-order valence-corrected chi connectivity index (χ4v) is 3.05. The van der Waals surface area contributed by atoms with Gasteiger partial charge in [-0.25, -0.2) is 0 Å². The molecule has 0 saturated carbocycles. The van der Waals surface area contributed by atoms with Crippen LogP contribution in [0.5, 0.6) is 0 Å². The molecule has 3 aliphatic heterocycles. The SMILES string of the molecule is CC(C)[N+]12CCC(CC1)N(C)CC2. The van der Waals surface area contributed by atoms with Gasteiger partial charge in [0.15, 0.2) is 0 Å². The third-order valence-corrected chi connectivity index (χ3v) is 4.43. The molecule has 3 saturated heterocycles. The maximum atomic E-state index is 2.58. The minimum atomic E-state index is 0.826. The van der Waals surface area contributed by atoms with Crippen molar-refractivity contribution >= 4 is 0 Å². The molecule has 0 aromatic carbocycles. The van der Waals surface area contributed by atoms with Crippen LogP contribution < -0.4 is 0 Å². The Labute approximate surface area is 82.1 Å². The van der Waals surface area contributed by atoms with Crippen molar-refractivity contribution in [3.05, 3.63) is 0 Å². The van der Waals surface area contributed by atoms with Crippen LogP contribution in [0.1, 0.15) is 26.7 Å². The highest BCUT2D eigenvalue weighted by atomic mass is 15.4. The van der Waals surface area contributed by atoms with E-state index in [1.165, 1.54) is 43.5 Å². The molecule has 0 amide bonds. The van der Waals surface area contributed by atoms with E-state index in [1.807, 2.05) is 0 Å². The molecule has 0 unspecified atom stereocenters. The van der Waals surface area contributed by atoms with Crippen LogP contribution in [0.25, 0.3) is 0 Å². The van der Waals surface area contributed by atoms with Crippen LogP contribution in [0, 0.1) is 0 Å². The van der Waals surface area contributed by atoms with Crippen LogP contribution in [0.15, 0.2) is 0 Å². The summed E-state index contributed by atoms with van der Waals surface area (Å²) in [6.45, 7) is 10.3. The molecule has 3 aliphatic rings. The maximum Gasteiger partial charge on any atom is 0.0917 e. The van der Waals surface area contributed by atoms with Crippen LogP contribution in [0.3, 0.4) is 0 Å². The molecule has 0 radical (unpaired) electrons. The molecule has 2 heteroatoms. The van der Waals surface area contributed by atoms with Crippen molar-refractivity contribution in [1.82, 2.24) is 4.90 Å². The third kappa shape index (κ3) is 1.50. The molecule has 0 aromatic heterocycles. The van der Waals surface area contributed by atoms with E-state index in [-0.39, 0.29) is 0 Å². The smallest absolute Gasteiger partial charge is 0.0917 e. The Morgan fingerprint density at radius 2 is 1.77 bits per heavy atom. The number of likely N-dealkylation sites (N-methyl/N-ethyl adjacent to an activating group) is 1. The van der Waals surface area contributed by atoms with Crippen molar-refractivity contribution in [3.8, 4) is 0 Å². The highest BCUT2D eigenvalue weighted by Gasteiger charge is 2.40. The fourth-order valence-electron chi connectivity index (χ4n) is 3.05. The van der Waals surface area contributed by atoms with Crippen LogP contribution in [-0.4, -0.2) is 54.7 Å². The molecule has 3 fully saturated rings. The summed E-state index contributed by atoms with van der Waals surface area (Å²) in [5.74, 6) is 0. The quantitative estimate of drug-likeness (QED) is 0.554. The third-order valence-electron chi connectivity index (χ3n) is 4.43. The van der Waals surface area contributed by atoms with Gasteiger partial charge in [-0.3, -0.25) is 4.90 Å². The zero-order valence-corrected chi connectivity index (χ0v) is 9.29. The van der Waals surface area contributed by atoms with Crippen LogP contribution in [0.4, 0.5) is 0 Å². The number of fused-ring (bicyclic) bond motifs is 4. The van der Waals surface area contributed by atoms with E-state index in [1.54, 1.807) is 0 Å². The van der Waals surface area contributed by atoms with Gasteiger partial charge in [0, 0.05) is 25.4 Å². The molecule has 0 atom stereocenters. The summed E-state index contributed by atoms with van der Waals surface area (Å²) in [6.07, 6.45) is 2.85. The average molecular weight is 183 g/mol. The Morgan fingerprint density at radius 1 is 1.15 bits per heavy atom. The highest BCUT2D eigenvalue weighted by molar-refractivity contribution is 4.77. The first-order chi connectivity index (χ1) is 6.14. The topological polar surface area (TPSA) is 3.24 Å². The molecule has 76 valence electrons. The Morgan fingerprint density at radius 3 is 2.31 bits per heavy atom. The van der Waals surface area contributed by atoms with E-state index < -0.39 is 0 Å². The second-order valence-corrected chi connectivity index (χ2v) is 5.19. The molecule has 0 N–H and O–H groups in total. The zero-order valence-electron chi connectivity index (χ0n) is 9.29. The van der Waals surface area contributed by atoms with Crippen molar-refractivity contribution in [2.75, 3.05) is 33.2 Å². The summed E-state index contributed by atoms with van der Waals surface area (Å²) in [6, 6.07) is 1.72. The van der Waals surface area contributed by atoms with E-state index in [2.05, 4.69) is 25.8 Å². The van der Waals surface area contributed by atoms with Gasteiger partial charge in [-0.15, -0.1) is 0 Å². The monoisotopic (exact) mass is 183 g/mol. The molecule has 3 rings (SSSR count). The first-order valence-electron chi connectivity index (χ1n) is 5.70.